The van der Waals surface area contributed by atoms with Gasteiger partial charge in [-0.05, 0) is 13.1 Å². The van der Waals surface area contributed by atoms with Crippen LogP contribution in [0, 0.1) is 0 Å². The first-order chi connectivity index (χ1) is 11.8. The van der Waals surface area contributed by atoms with Crippen LogP contribution in [0.25, 0.3) is 0 Å². The van der Waals surface area contributed by atoms with E-state index in [1.807, 2.05) is 0 Å². The van der Waals surface area contributed by atoms with Crippen LogP contribution in [0.2, 0.25) is 0 Å². The van der Waals surface area contributed by atoms with Crippen LogP contribution in [0.5, 0.6) is 0 Å². The molecule has 0 saturated heterocycles. The molecular weight excluding hydrogens is 289 g/mol. The molecule has 0 bridgehead atoms. The lowest BCUT2D eigenvalue weighted by Gasteiger charge is -2.52. The second-order valence-electron chi connectivity index (χ2n) is 6.27. The summed E-state index contributed by atoms with van der Waals surface area (Å²) in [5.74, 6) is 0. The third kappa shape index (κ3) is 2.78. The molecule has 0 aliphatic heterocycles. The van der Waals surface area contributed by atoms with E-state index in [1.54, 1.807) is 0 Å². The molecule has 0 saturated carbocycles. The molecule has 2 heteroatoms. The van der Waals surface area contributed by atoms with Crippen molar-refractivity contribution in [3.05, 3.63) is 91.0 Å². The van der Waals surface area contributed by atoms with Crippen LogP contribution in [0.4, 0.5) is 0 Å². The third-order valence-corrected chi connectivity index (χ3v) is 5.21. The van der Waals surface area contributed by atoms with Gasteiger partial charge in [0.2, 0.25) is 0 Å². The fourth-order valence-electron chi connectivity index (χ4n) is 4.18. The Hall–Kier alpha value is -2.32. The lowest BCUT2D eigenvalue weighted by molar-refractivity contribution is 0.482. The van der Waals surface area contributed by atoms with Crippen molar-refractivity contribution in [2.24, 2.45) is 0 Å². The van der Waals surface area contributed by atoms with Crippen LogP contribution in [-0.4, -0.2) is 24.2 Å². The van der Waals surface area contributed by atoms with Crippen molar-refractivity contribution in [2.45, 2.75) is 13.8 Å². The molecule has 0 aliphatic rings. The molecule has 1 nitrogen and oxygen atoms in total. The van der Waals surface area contributed by atoms with Crippen LogP contribution in [0.3, 0.4) is 0 Å². The van der Waals surface area contributed by atoms with E-state index in [0.29, 0.717) is 0 Å². The summed E-state index contributed by atoms with van der Waals surface area (Å²) < 4.78 is 0. The van der Waals surface area contributed by atoms with E-state index in [-0.39, 0.29) is 0 Å². The van der Waals surface area contributed by atoms with E-state index in [2.05, 4.69) is 110 Å². The smallest absolute Gasteiger partial charge is 0.144 e. The lowest BCUT2D eigenvalue weighted by Crippen LogP contribution is -2.77. The third-order valence-electron chi connectivity index (χ3n) is 5.21. The number of rotatable bonds is 6. The Morgan fingerprint density at radius 2 is 0.833 bits per heavy atom. The molecule has 0 amide bonds. The molecule has 0 aliphatic carbocycles. The minimum absolute atomic E-state index is 1.01. The van der Waals surface area contributed by atoms with Gasteiger partial charge in [-0.3, -0.25) is 0 Å². The van der Waals surface area contributed by atoms with Crippen molar-refractivity contribution in [2.75, 3.05) is 13.1 Å². The minimum Gasteiger partial charge on any atom is -0.463 e. The van der Waals surface area contributed by atoms with Gasteiger partial charge in [-0.25, -0.2) is 0 Å². The standard InChI is InChI=1S/C22H25BN/c1-3-24(4-2)23(20-14-8-5-9-15-20,21-16-10-6-11-17-21)22-18-12-7-13-19-22/h5-19H,3-4H2,1-2H3/q-1. The minimum atomic E-state index is -1.15. The average molecular weight is 314 g/mol. The van der Waals surface area contributed by atoms with Crippen LogP contribution in [0.1, 0.15) is 13.8 Å². The van der Waals surface area contributed by atoms with Crippen molar-refractivity contribution in [3.8, 4) is 0 Å². The fourth-order valence-corrected chi connectivity index (χ4v) is 4.18. The molecule has 0 spiro atoms. The number of benzene rings is 3. The highest BCUT2D eigenvalue weighted by molar-refractivity contribution is 7.09. The van der Waals surface area contributed by atoms with Gasteiger partial charge in [0.1, 0.15) is 6.28 Å². The Balaban J connectivity index is 2.37. The maximum atomic E-state index is 2.61. The molecule has 0 aromatic heterocycles. The Morgan fingerprint density at radius 3 is 1.08 bits per heavy atom. The van der Waals surface area contributed by atoms with Gasteiger partial charge in [0.05, 0.1) is 0 Å². The molecular formula is C22H25BN-. The first kappa shape index (κ1) is 16.5. The van der Waals surface area contributed by atoms with Crippen LogP contribution < -0.4 is 16.4 Å². The summed E-state index contributed by atoms with van der Waals surface area (Å²) in [6.45, 7) is 6.54. The monoisotopic (exact) mass is 314 g/mol. The molecule has 3 aromatic rings. The normalized spacial score (nSPS) is 11.6. The first-order valence-electron chi connectivity index (χ1n) is 8.90. The molecule has 0 unspecified atom stereocenters. The Kier molecular flexibility index (Phi) is 5.17. The Morgan fingerprint density at radius 1 is 0.542 bits per heavy atom. The van der Waals surface area contributed by atoms with Crippen LogP contribution in [-0.2, 0) is 0 Å². The maximum absolute atomic E-state index is 2.61. The average Bonchev–Trinajstić information content (AvgIpc) is 2.68. The van der Waals surface area contributed by atoms with Crippen molar-refractivity contribution in [3.63, 3.8) is 0 Å². The summed E-state index contributed by atoms with van der Waals surface area (Å²) in [5.41, 5.74) is 4.12. The quantitative estimate of drug-likeness (QED) is 0.632. The second-order valence-corrected chi connectivity index (χ2v) is 6.27. The van der Waals surface area contributed by atoms with Crippen molar-refractivity contribution < 1.29 is 0 Å². The summed E-state index contributed by atoms with van der Waals surface area (Å²) in [5, 5.41) is 0. The highest BCUT2D eigenvalue weighted by Gasteiger charge is 2.33. The molecule has 0 radical (unpaired) electrons. The van der Waals surface area contributed by atoms with Crippen LogP contribution in [0.15, 0.2) is 91.0 Å². The largest absolute Gasteiger partial charge is 0.463 e. The SMILES string of the molecule is CCN(CC)[B-](c1ccccc1)(c1ccccc1)c1ccccc1. The van der Waals surface area contributed by atoms with Gasteiger partial charge in [0.15, 0.2) is 0 Å². The van der Waals surface area contributed by atoms with Crippen molar-refractivity contribution in [1.29, 1.82) is 0 Å². The van der Waals surface area contributed by atoms with E-state index >= 15 is 0 Å². The molecule has 0 atom stereocenters. The second kappa shape index (κ2) is 7.50. The zero-order valence-electron chi connectivity index (χ0n) is 14.6. The van der Waals surface area contributed by atoms with Gasteiger partial charge in [-0.1, -0.05) is 105 Å². The molecule has 24 heavy (non-hydrogen) atoms. The molecule has 0 N–H and O–H groups in total. The van der Waals surface area contributed by atoms with Gasteiger partial charge in [-0.2, -0.15) is 16.4 Å². The van der Waals surface area contributed by atoms with Crippen LogP contribution >= 0.6 is 0 Å². The number of nitrogens with zero attached hydrogens (tertiary/aromatic N) is 1. The summed E-state index contributed by atoms with van der Waals surface area (Å²) in [7, 11) is 0. The summed E-state index contributed by atoms with van der Waals surface area (Å²) in [4.78, 5) is 2.61. The predicted octanol–water partition coefficient (Wildman–Crippen LogP) is 3.00. The summed E-state index contributed by atoms with van der Waals surface area (Å²) in [6.07, 6.45) is -1.15. The predicted molar refractivity (Wildman–Crippen MR) is 107 cm³/mol. The Bertz CT molecular complexity index is 640. The van der Waals surface area contributed by atoms with E-state index < -0.39 is 6.28 Å². The van der Waals surface area contributed by atoms with Gasteiger partial charge in [0.25, 0.3) is 0 Å². The zero-order valence-corrected chi connectivity index (χ0v) is 14.6. The molecule has 3 rings (SSSR count). The highest BCUT2D eigenvalue weighted by atomic mass is 15.1. The number of hydrogen-bond acceptors (Lipinski definition) is 1. The topological polar surface area (TPSA) is 3.24 Å². The van der Waals surface area contributed by atoms with Gasteiger partial charge in [-0.15, -0.1) is 0 Å². The Labute approximate surface area is 145 Å². The maximum Gasteiger partial charge on any atom is 0.144 e. The van der Waals surface area contributed by atoms with Crippen molar-refractivity contribution >= 4 is 22.7 Å². The molecule has 3 aromatic carbocycles. The lowest BCUT2D eigenvalue weighted by atomic mass is 9.23. The first-order valence-corrected chi connectivity index (χ1v) is 8.90. The molecule has 122 valence electrons. The summed E-state index contributed by atoms with van der Waals surface area (Å²) in [6, 6.07) is 32.9. The van der Waals surface area contributed by atoms with E-state index in [0.717, 1.165) is 13.1 Å². The van der Waals surface area contributed by atoms with Gasteiger partial charge >= 0.3 is 0 Å². The van der Waals surface area contributed by atoms with E-state index in [1.165, 1.54) is 16.4 Å². The van der Waals surface area contributed by atoms with E-state index in [4.69, 9.17) is 0 Å². The highest BCUT2D eigenvalue weighted by Crippen LogP contribution is 2.13. The van der Waals surface area contributed by atoms with E-state index in [9.17, 15) is 0 Å². The van der Waals surface area contributed by atoms with Gasteiger partial charge < -0.3 is 4.81 Å². The van der Waals surface area contributed by atoms with Crippen molar-refractivity contribution in [1.82, 2.24) is 4.81 Å². The molecule has 0 fully saturated rings. The summed E-state index contributed by atoms with van der Waals surface area (Å²) >= 11 is 0. The molecule has 0 heterocycles. The fraction of sp³-hybridized carbons (Fsp3) is 0.182. The van der Waals surface area contributed by atoms with Gasteiger partial charge in [0, 0.05) is 0 Å². The zero-order chi connectivity index (χ0) is 16.8. The number of hydrogen-bond donors (Lipinski definition) is 0.